The Morgan fingerprint density at radius 1 is 1.06 bits per heavy atom. The summed E-state index contributed by atoms with van der Waals surface area (Å²) < 4.78 is 10.6. The molecule has 0 spiro atoms. The number of carbonyl (C=O) groups excluding carboxylic acids is 1. The van der Waals surface area contributed by atoms with E-state index in [0.717, 1.165) is 5.69 Å². The number of halogens is 2. The summed E-state index contributed by atoms with van der Waals surface area (Å²) in [5.41, 5.74) is 2.39. The van der Waals surface area contributed by atoms with Crippen LogP contribution in [0.25, 0.3) is 0 Å². The first kappa shape index (κ1) is 21.0. The average Bonchev–Trinajstić information content (AvgIpc) is 3.44. The van der Waals surface area contributed by atoms with E-state index in [4.69, 9.17) is 27.9 Å². The van der Waals surface area contributed by atoms with Gasteiger partial charge in [-0.1, -0.05) is 23.2 Å². The third-order valence-corrected chi connectivity index (χ3v) is 5.00. The van der Waals surface area contributed by atoms with Crippen LogP contribution in [0.15, 0.2) is 48.9 Å². The van der Waals surface area contributed by atoms with Crippen LogP contribution >= 0.6 is 23.2 Å². The van der Waals surface area contributed by atoms with Gasteiger partial charge in [0.15, 0.2) is 12.4 Å². The molecule has 3 heterocycles. The van der Waals surface area contributed by atoms with Crippen molar-refractivity contribution in [3.8, 4) is 5.75 Å². The molecule has 1 aromatic carbocycles. The lowest BCUT2D eigenvalue weighted by atomic mass is 10.3. The number of anilines is 1. The highest BCUT2D eigenvalue weighted by molar-refractivity contribution is 6.30. The highest BCUT2D eigenvalue weighted by Gasteiger charge is 2.17. The Morgan fingerprint density at radius 3 is 2.55 bits per heavy atom. The Hall–Kier alpha value is -3.30. The maximum absolute atomic E-state index is 12.7. The van der Waals surface area contributed by atoms with Gasteiger partial charge in [0.1, 0.15) is 12.4 Å². The number of amides is 1. The van der Waals surface area contributed by atoms with Crippen molar-refractivity contribution >= 4 is 34.8 Å². The summed E-state index contributed by atoms with van der Waals surface area (Å²) in [5, 5.41) is 17.0. The van der Waals surface area contributed by atoms with E-state index in [-0.39, 0.29) is 18.3 Å². The van der Waals surface area contributed by atoms with E-state index in [0.29, 0.717) is 33.8 Å². The van der Waals surface area contributed by atoms with Gasteiger partial charge in [-0.25, -0.2) is 14.0 Å². The molecule has 9 nitrogen and oxygen atoms in total. The molecule has 4 aromatic rings. The highest BCUT2D eigenvalue weighted by Crippen LogP contribution is 2.21. The summed E-state index contributed by atoms with van der Waals surface area (Å²) in [5.74, 6) is 0.321. The van der Waals surface area contributed by atoms with Crippen molar-refractivity contribution in [3.05, 3.63) is 76.0 Å². The average molecular weight is 460 g/mol. The van der Waals surface area contributed by atoms with Gasteiger partial charge in [-0.15, -0.1) is 0 Å². The van der Waals surface area contributed by atoms with Crippen molar-refractivity contribution in [1.82, 2.24) is 29.3 Å². The largest absolute Gasteiger partial charge is 0.471 e. The zero-order valence-corrected chi connectivity index (χ0v) is 18.3. The van der Waals surface area contributed by atoms with Crippen molar-refractivity contribution in [2.75, 3.05) is 5.32 Å². The van der Waals surface area contributed by atoms with E-state index in [1.165, 1.54) is 4.68 Å². The standard InChI is InChI=1S/C20H19Cl2N7O2/c1-13-19(14(2)29(25-13)11-28-10-16(22)9-23-28)24-20(30)18-7-8-27(26-18)12-31-17-5-3-15(21)4-6-17/h3-10H,11-12H2,1-2H3,(H,24,30). The Morgan fingerprint density at radius 2 is 1.84 bits per heavy atom. The molecule has 0 aliphatic rings. The second-order valence-electron chi connectivity index (χ2n) is 6.81. The van der Waals surface area contributed by atoms with Crippen LogP contribution in [0.5, 0.6) is 5.75 Å². The van der Waals surface area contributed by atoms with Crippen LogP contribution in [-0.2, 0) is 13.4 Å². The van der Waals surface area contributed by atoms with Crippen LogP contribution in [0.2, 0.25) is 10.0 Å². The lowest BCUT2D eigenvalue weighted by Gasteiger charge is -2.07. The Balaban J connectivity index is 1.41. The fourth-order valence-corrected chi connectivity index (χ4v) is 3.25. The fourth-order valence-electron chi connectivity index (χ4n) is 2.97. The van der Waals surface area contributed by atoms with Crippen molar-refractivity contribution < 1.29 is 9.53 Å². The lowest BCUT2D eigenvalue weighted by Crippen LogP contribution is -2.16. The van der Waals surface area contributed by atoms with E-state index in [1.807, 2.05) is 13.8 Å². The number of benzene rings is 1. The van der Waals surface area contributed by atoms with Gasteiger partial charge in [-0.3, -0.25) is 4.79 Å². The molecule has 31 heavy (non-hydrogen) atoms. The van der Waals surface area contributed by atoms with Gasteiger partial charge in [0, 0.05) is 17.4 Å². The monoisotopic (exact) mass is 459 g/mol. The number of hydrogen-bond donors (Lipinski definition) is 1. The molecule has 1 amide bonds. The molecule has 0 unspecified atom stereocenters. The molecule has 0 atom stereocenters. The molecule has 0 radical (unpaired) electrons. The molecule has 0 fully saturated rings. The topological polar surface area (TPSA) is 91.8 Å². The summed E-state index contributed by atoms with van der Waals surface area (Å²) in [6.45, 7) is 4.25. The van der Waals surface area contributed by atoms with Crippen molar-refractivity contribution in [1.29, 1.82) is 0 Å². The van der Waals surface area contributed by atoms with E-state index in [9.17, 15) is 4.79 Å². The van der Waals surface area contributed by atoms with Crippen LogP contribution in [-0.4, -0.2) is 35.2 Å². The number of aromatic nitrogens is 6. The van der Waals surface area contributed by atoms with Crippen LogP contribution < -0.4 is 10.1 Å². The molecule has 0 aliphatic heterocycles. The number of rotatable bonds is 7. The van der Waals surface area contributed by atoms with Crippen LogP contribution in [0.1, 0.15) is 21.9 Å². The molecule has 0 bridgehead atoms. The van der Waals surface area contributed by atoms with Gasteiger partial charge in [0.05, 0.1) is 28.3 Å². The van der Waals surface area contributed by atoms with Gasteiger partial charge < -0.3 is 10.1 Å². The van der Waals surface area contributed by atoms with Crippen LogP contribution in [0, 0.1) is 13.8 Å². The van der Waals surface area contributed by atoms with E-state index < -0.39 is 0 Å². The second-order valence-corrected chi connectivity index (χ2v) is 7.68. The molecule has 3 aromatic heterocycles. The van der Waals surface area contributed by atoms with Gasteiger partial charge in [-0.2, -0.15) is 15.3 Å². The minimum Gasteiger partial charge on any atom is -0.471 e. The van der Waals surface area contributed by atoms with Crippen molar-refractivity contribution in [2.24, 2.45) is 0 Å². The van der Waals surface area contributed by atoms with Gasteiger partial charge in [0.25, 0.3) is 5.91 Å². The third kappa shape index (κ3) is 4.89. The number of carbonyl (C=O) groups is 1. The summed E-state index contributed by atoms with van der Waals surface area (Å²) in [4.78, 5) is 12.7. The summed E-state index contributed by atoms with van der Waals surface area (Å²) in [7, 11) is 0. The molecule has 0 saturated carbocycles. The number of hydrogen-bond acceptors (Lipinski definition) is 5. The fraction of sp³-hybridized carbons (Fsp3) is 0.200. The number of ether oxygens (including phenoxy) is 1. The Kier molecular flexibility index (Phi) is 5.97. The molecular formula is C20H19Cl2N7O2. The molecule has 11 heteroatoms. The third-order valence-electron chi connectivity index (χ3n) is 4.55. The van der Waals surface area contributed by atoms with E-state index >= 15 is 0 Å². The van der Waals surface area contributed by atoms with Crippen LogP contribution in [0.4, 0.5) is 5.69 Å². The molecule has 160 valence electrons. The zero-order chi connectivity index (χ0) is 22.0. The predicted octanol–water partition coefficient (Wildman–Crippen LogP) is 3.99. The molecule has 0 aliphatic carbocycles. The number of nitrogens with zero attached hydrogens (tertiary/aromatic N) is 6. The second kappa shape index (κ2) is 8.83. The SMILES string of the molecule is Cc1nn(Cn2cc(Cl)cn2)c(C)c1NC(=O)c1ccn(COc2ccc(Cl)cc2)n1. The zero-order valence-electron chi connectivity index (χ0n) is 16.8. The van der Waals surface area contributed by atoms with Crippen molar-refractivity contribution in [2.45, 2.75) is 27.2 Å². The summed E-state index contributed by atoms with van der Waals surface area (Å²) >= 11 is 11.8. The normalized spacial score (nSPS) is 11.0. The molecular weight excluding hydrogens is 441 g/mol. The smallest absolute Gasteiger partial charge is 0.276 e. The van der Waals surface area contributed by atoms with Crippen LogP contribution in [0.3, 0.4) is 0 Å². The Labute approximate surface area is 188 Å². The first-order valence-corrected chi connectivity index (χ1v) is 10.1. The maximum atomic E-state index is 12.7. The molecule has 4 rings (SSSR count). The summed E-state index contributed by atoms with van der Waals surface area (Å²) in [6.07, 6.45) is 4.94. The minimum atomic E-state index is -0.335. The predicted molar refractivity (Wildman–Crippen MR) is 117 cm³/mol. The lowest BCUT2D eigenvalue weighted by molar-refractivity contribution is 0.102. The summed E-state index contributed by atoms with van der Waals surface area (Å²) in [6, 6.07) is 8.64. The van der Waals surface area contributed by atoms with Gasteiger partial charge in [0.2, 0.25) is 0 Å². The van der Waals surface area contributed by atoms with E-state index in [1.54, 1.807) is 58.3 Å². The Bertz CT molecular complexity index is 1210. The van der Waals surface area contributed by atoms with Crippen molar-refractivity contribution in [3.63, 3.8) is 0 Å². The molecule has 0 saturated heterocycles. The highest BCUT2D eigenvalue weighted by atomic mass is 35.5. The molecule has 1 N–H and O–H groups in total. The minimum absolute atomic E-state index is 0.164. The van der Waals surface area contributed by atoms with Gasteiger partial charge in [-0.05, 0) is 44.2 Å². The maximum Gasteiger partial charge on any atom is 0.276 e. The first-order chi connectivity index (χ1) is 14.9. The number of nitrogens with one attached hydrogen (secondary N) is 1. The quantitative estimate of drug-likeness (QED) is 0.450. The first-order valence-electron chi connectivity index (χ1n) is 9.34. The number of aryl methyl sites for hydroxylation is 1. The van der Waals surface area contributed by atoms with Gasteiger partial charge >= 0.3 is 0 Å². The van der Waals surface area contributed by atoms with E-state index in [2.05, 4.69) is 20.6 Å².